The van der Waals surface area contributed by atoms with E-state index in [2.05, 4.69) is 12.3 Å². The van der Waals surface area contributed by atoms with Gasteiger partial charge in [0.2, 0.25) is 8.38 Å². The first-order valence-corrected chi connectivity index (χ1v) is 12.7. The second-order valence-electron chi connectivity index (χ2n) is 8.22. The predicted molar refractivity (Wildman–Crippen MR) is 136 cm³/mol. The summed E-state index contributed by atoms with van der Waals surface area (Å²) in [6, 6.07) is 0. The molecule has 2 unspecified atom stereocenters. The van der Waals surface area contributed by atoms with Gasteiger partial charge in [0.1, 0.15) is 23.7 Å². The van der Waals surface area contributed by atoms with Crippen molar-refractivity contribution in [3.05, 3.63) is 64.1 Å². The third-order valence-corrected chi connectivity index (χ3v) is 7.12. The van der Waals surface area contributed by atoms with Gasteiger partial charge in [-0.25, -0.2) is 9.59 Å². The van der Waals surface area contributed by atoms with Crippen LogP contribution in [0.2, 0.25) is 0 Å². The highest BCUT2D eigenvalue weighted by Crippen LogP contribution is 2.42. The molecule has 1 aliphatic rings. The quantitative estimate of drug-likeness (QED) is 0.0770. The van der Waals surface area contributed by atoms with E-state index in [0.717, 1.165) is 11.1 Å². The Morgan fingerprint density at radius 1 is 1.27 bits per heavy atom. The van der Waals surface area contributed by atoms with E-state index in [9.17, 15) is 24.6 Å². The molecule has 0 fully saturated rings. The Morgan fingerprint density at radius 3 is 2.54 bits per heavy atom. The maximum absolute atomic E-state index is 12.1. The number of carboxylic acid groups (broad SMARTS) is 2. The number of carbonyl (C=O) groups is 3. The molecule has 2 atom stereocenters. The third kappa shape index (κ3) is 7.46. The minimum Gasteiger partial charge on any atom is -0.507 e. The Hall–Kier alpha value is -3.58. The average Bonchev–Trinajstić information content (AvgIpc) is 3.25. The fourth-order valence-corrected chi connectivity index (χ4v) is 4.83. The van der Waals surface area contributed by atoms with Crippen LogP contribution in [-0.2, 0) is 36.4 Å². The van der Waals surface area contributed by atoms with Gasteiger partial charge in [-0.3, -0.25) is 4.79 Å². The summed E-state index contributed by atoms with van der Waals surface area (Å²) >= 11 is 0. The summed E-state index contributed by atoms with van der Waals surface area (Å²) in [6.07, 6.45) is 6.15. The SMILES string of the molecule is C=C=C(OP(C/C=C/CC(C/C(C)=C/Cc1c(O)c2c(c(C)c1OC)COC2=O)C(=O)O)OC)C(=O)O. The molecule has 200 valence electrons. The van der Waals surface area contributed by atoms with E-state index in [0.29, 0.717) is 16.9 Å². The van der Waals surface area contributed by atoms with Gasteiger partial charge in [-0.2, -0.15) is 0 Å². The van der Waals surface area contributed by atoms with E-state index in [1.54, 1.807) is 32.1 Å². The van der Waals surface area contributed by atoms with Crippen molar-refractivity contribution in [1.29, 1.82) is 0 Å². The topological polar surface area (TPSA) is 149 Å². The van der Waals surface area contributed by atoms with Crippen LogP contribution < -0.4 is 4.74 Å². The molecule has 1 heterocycles. The molecule has 11 heteroatoms. The second-order valence-corrected chi connectivity index (χ2v) is 9.79. The molecule has 1 aliphatic heterocycles. The molecule has 0 spiro atoms. The van der Waals surface area contributed by atoms with E-state index in [1.165, 1.54) is 14.2 Å². The first-order valence-electron chi connectivity index (χ1n) is 11.3. The summed E-state index contributed by atoms with van der Waals surface area (Å²) < 4.78 is 20.9. The average molecular weight is 534 g/mol. The monoisotopic (exact) mass is 534 g/mol. The molecule has 2 rings (SSSR count). The summed E-state index contributed by atoms with van der Waals surface area (Å²) in [5.74, 6) is -3.73. The van der Waals surface area contributed by atoms with Gasteiger partial charge < -0.3 is 33.8 Å². The van der Waals surface area contributed by atoms with E-state index in [1.807, 2.05) is 0 Å². The lowest BCUT2D eigenvalue weighted by Gasteiger charge is -2.16. The molecular weight excluding hydrogens is 503 g/mol. The van der Waals surface area contributed by atoms with Gasteiger partial charge in [-0.05, 0) is 38.7 Å². The number of benzene rings is 1. The summed E-state index contributed by atoms with van der Waals surface area (Å²) in [6.45, 7) is 6.94. The van der Waals surface area contributed by atoms with E-state index in [4.69, 9.17) is 23.6 Å². The molecule has 0 amide bonds. The van der Waals surface area contributed by atoms with Crippen molar-refractivity contribution < 1.29 is 48.2 Å². The maximum atomic E-state index is 12.1. The van der Waals surface area contributed by atoms with Crippen LogP contribution in [-0.4, -0.2) is 53.6 Å². The fourth-order valence-electron chi connectivity index (χ4n) is 3.87. The van der Waals surface area contributed by atoms with Crippen molar-refractivity contribution in [3.63, 3.8) is 0 Å². The number of carbonyl (C=O) groups excluding carboxylic acids is 1. The molecule has 3 N–H and O–H groups in total. The number of hydrogen-bond acceptors (Lipinski definition) is 8. The lowest BCUT2D eigenvalue weighted by atomic mass is 9.93. The van der Waals surface area contributed by atoms with Gasteiger partial charge in [-0.1, -0.05) is 36.1 Å². The normalized spacial score (nSPS) is 14.5. The van der Waals surface area contributed by atoms with Gasteiger partial charge in [0.05, 0.1) is 13.0 Å². The van der Waals surface area contributed by atoms with Gasteiger partial charge >= 0.3 is 17.9 Å². The number of esters is 1. The first-order chi connectivity index (χ1) is 17.5. The molecule has 0 bridgehead atoms. The number of rotatable bonds is 14. The minimum atomic E-state index is -1.58. The number of phenolic OH excluding ortho intramolecular Hbond substituents is 1. The highest BCUT2D eigenvalue weighted by Gasteiger charge is 2.32. The van der Waals surface area contributed by atoms with Crippen LogP contribution in [0.15, 0.2) is 41.9 Å². The number of phenols is 1. The highest BCUT2D eigenvalue weighted by molar-refractivity contribution is 7.47. The largest absolute Gasteiger partial charge is 0.507 e. The number of hydrogen-bond donors (Lipinski definition) is 3. The van der Waals surface area contributed by atoms with Gasteiger partial charge in [0.15, 0.2) is 0 Å². The Labute approximate surface area is 216 Å². The van der Waals surface area contributed by atoms with Crippen molar-refractivity contribution in [2.24, 2.45) is 5.92 Å². The van der Waals surface area contributed by atoms with Gasteiger partial charge in [-0.15, -0.1) is 0 Å². The van der Waals surface area contributed by atoms with Crippen molar-refractivity contribution >= 4 is 26.3 Å². The third-order valence-electron chi connectivity index (χ3n) is 5.81. The van der Waals surface area contributed by atoms with Crippen molar-refractivity contribution in [1.82, 2.24) is 0 Å². The summed E-state index contributed by atoms with van der Waals surface area (Å²) in [4.78, 5) is 34.9. The lowest BCUT2D eigenvalue weighted by Crippen LogP contribution is -2.13. The molecule has 10 nitrogen and oxygen atoms in total. The number of ether oxygens (including phenoxy) is 2. The zero-order valence-electron chi connectivity index (χ0n) is 21.2. The Kier molecular flexibility index (Phi) is 10.9. The van der Waals surface area contributed by atoms with Crippen LogP contribution >= 0.6 is 8.38 Å². The second kappa shape index (κ2) is 13.7. The van der Waals surface area contributed by atoms with Gasteiger partial charge in [0, 0.05) is 24.4 Å². The zero-order valence-corrected chi connectivity index (χ0v) is 22.1. The summed E-state index contributed by atoms with van der Waals surface area (Å²) in [7, 11) is 1.28. The maximum Gasteiger partial charge on any atom is 0.379 e. The van der Waals surface area contributed by atoms with Crippen LogP contribution in [0.1, 0.15) is 46.8 Å². The number of carboxylic acids is 2. The lowest BCUT2D eigenvalue weighted by molar-refractivity contribution is -0.141. The predicted octanol–water partition coefficient (Wildman–Crippen LogP) is 4.63. The molecule has 0 saturated carbocycles. The number of fused-ring (bicyclic) bond motifs is 1. The van der Waals surface area contributed by atoms with Crippen molar-refractivity contribution in [2.75, 3.05) is 20.4 Å². The van der Waals surface area contributed by atoms with Crippen LogP contribution in [0.4, 0.5) is 0 Å². The zero-order chi connectivity index (χ0) is 27.7. The molecule has 1 aromatic carbocycles. The number of aliphatic carboxylic acids is 2. The van der Waals surface area contributed by atoms with Crippen LogP contribution in [0, 0.1) is 12.8 Å². The molecular formula is C26H31O10P. The van der Waals surface area contributed by atoms with Crippen LogP contribution in [0.25, 0.3) is 0 Å². The van der Waals surface area contributed by atoms with Crippen molar-refractivity contribution in [2.45, 2.75) is 39.7 Å². The molecule has 1 aromatic rings. The van der Waals surface area contributed by atoms with Crippen molar-refractivity contribution in [3.8, 4) is 11.5 Å². The van der Waals surface area contributed by atoms with Gasteiger partial charge in [0.25, 0.3) is 5.76 Å². The van der Waals surface area contributed by atoms with E-state index < -0.39 is 38.0 Å². The molecule has 37 heavy (non-hydrogen) atoms. The summed E-state index contributed by atoms with van der Waals surface area (Å²) in [5.41, 5.74) is 4.87. The molecule has 0 radical (unpaired) electrons. The smallest absolute Gasteiger partial charge is 0.379 e. The first kappa shape index (κ1) is 29.6. The number of cyclic esters (lactones) is 1. The molecule has 0 saturated heterocycles. The number of methoxy groups -OCH3 is 1. The fraction of sp³-hybridized carbons (Fsp3) is 0.385. The molecule has 0 aromatic heterocycles. The Balaban J connectivity index is 2.08. The van der Waals surface area contributed by atoms with Crippen LogP contribution in [0.5, 0.6) is 11.5 Å². The van der Waals surface area contributed by atoms with E-state index in [-0.39, 0.29) is 43.3 Å². The Morgan fingerprint density at radius 2 is 1.97 bits per heavy atom. The van der Waals surface area contributed by atoms with E-state index >= 15 is 0 Å². The molecule has 0 aliphatic carbocycles. The number of aromatic hydroxyl groups is 1. The standard InChI is InChI=1S/C26H31O10P/c1-6-20(25(30)31)36-37(34-5)12-8-7-9-17(24(28)29)13-15(2)10-11-18-22(27)21-19(14-35-26(21)32)16(3)23(18)33-4/h7-8,10,17,27H,1,9,11-14H2,2-5H3,(H,28,29)(H,30,31)/b8-7+,15-10+. The number of allylic oxidation sites excluding steroid dienone is 4. The van der Waals surface area contributed by atoms with Crippen LogP contribution in [0.3, 0.4) is 0 Å². The Bertz CT molecular complexity index is 1160. The minimum absolute atomic E-state index is 0.0803. The highest BCUT2D eigenvalue weighted by atomic mass is 31.2. The summed E-state index contributed by atoms with van der Waals surface area (Å²) in [5, 5.41) is 29.4.